The summed E-state index contributed by atoms with van der Waals surface area (Å²) in [6.07, 6.45) is -0.565. The van der Waals surface area contributed by atoms with Crippen LogP contribution in [0.15, 0.2) is 29.1 Å². The Balaban J connectivity index is 2.50. The van der Waals surface area contributed by atoms with Crippen molar-refractivity contribution in [2.45, 2.75) is 20.0 Å². The number of hydrogen-bond donors (Lipinski definition) is 1. The fraction of sp³-hybridized carbons (Fsp3) is 0.250. The number of nitrogens with one attached hydrogen (secondary N) is 1. The number of fused-ring (bicyclic) bond motifs is 1. The molecule has 0 saturated heterocycles. The topological polar surface area (TPSA) is 72.0 Å². The lowest BCUT2D eigenvalue weighted by Crippen LogP contribution is -2.16. The number of benzene rings is 1. The van der Waals surface area contributed by atoms with Gasteiger partial charge in [0, 0.05) is 6.92 Å². The molecule has 5 heteroatoms. The second-order valence-corrected chi connectivity index (χ2v) is 3.72. The first-order valence-corrected chi connectivity index (χ1v) is 5.24. The Morgan fingerprint density at radius 1 is 1.41 bits per heavy atom. The molecule has 1 aromatic carbocycles. The van der Waals surface area contributed by atoms with Crippen LogP contribution in [0.2, 0.25) is 0 Å². The Morgan fingerprint density at radius 3 is 2.82 bits per heavy atom. The third kappa shape index (κ3) is 2.33. The van der Waals surface area contributed by atoms with Gasteiger partial charge in [-0.3, -0.25) is 9.59 Å². The molecule has 1 atom stereocenters. The van der Waals surface area contributed by atoms with Gasteiger partial charge in [-0.15, -0.1) is 0 Å². The van der Waals surface area contributed by atoms with Gasteiger partial charge in [0.1, 0.15) is 0 Å². The van der Waals surface area contributed by atoms with Crippen LogP contribution >= 0.6 is 0 Å². The molecule has 0 aliphatic heterocycles. The predicted octanol–water partition coefficient (Wildman–Crippen LogP) is 1.55. The van der Waals surface area contributed by atoms with Crippen LogP contribution in [0, 0.1) is 0 Å². The minimum absolute atomic E-state index is 0.232. The van der Waals surface area contributed by atoms with Crippen LogP contribution < -0.4 is 5.56 Å². The van der Waals surface area contributed by atoms with Crippen LogP contribution in [0.25, 0.3) is 10.9 Å². The van der Waals surface area contributed by atoms with Gasteiger partial charge in [0.2, 0.25) is 0 Å². The average Bonchev–Trinajstić information content (AvgIpc) is 2.28. The van der Waals surface area contributed by atoms with Gasteiger partial charge >= 0.3 is 5.97 Å². The molecule has 1 N–H and O–H groups in total. The fourth-order valence-corrected chi connectivity index (χ4v) is 1.60. The van der Waals surface area contributed by atoms with E-state index in [0.717, 1.165) is 0 Å². The Morgan fingerprint density at radius 2 is 2.12 bits per heavy atom. The lowest BCUT2D eigenvalue weighted by molar-refractivity contribution is -0.146. The van der Waals surface area contributed by atoms with Crippen LogP contribution in [0.4, 0.5) is 0 Å². The van der Waals surface area contributed by atoms with Crippen molar-refractivity contribution in [3.05, 3.63) is 40.4 Å². The monoisotopic (exact) mass is 232 g/mol. The third-order valence-corrected chi connectivity index (χ3v) is 2.36. The summed E-state index contributed by atoms with van der Waals surface area (Å²) < 4.78 is 4.97. The van der Waals surface area contributed by atoms with Crippen LogP contribution in [0.3, 0.4) is 0 Å². The van der Waals surface area contributed by atoms with E-state index >= 15 is 0 Å². The molecule has 1 aromatic heterocycles. The lowest BCUT2D eigenvalue weighted by atomic mass is 10.2. The standard InChI is InChI=1S/C12H12N2O3/c1-7(17-8(2)15)11-13-10-6-4-3-5-9(10)12(16)14-11/h3-7H,1-2H3,(H,13,14,16)/t7-/m1/s1. The van der Waals surface area contributed by atoms with Gasteiger partial charge in [-0.1, -0.05) is 12.1 Å². The second-order valence-electron chi connectivity index (χ2n) is 3.72. The molecule has 0 unspecified atom stereocenters. The minimum Gasteiger partial charge on any atom is -0.455 e. The van der Waals surface area contributed by atoms with Gasteiger partial charge in [-0.2, -0.15) is 0 Å². The molecule has 17 heavy (non-hydrogen) atoms. The van der Waals surface area contributed by atoms with Crippen LogP contribution in [0.1, 0.15) is 25.8 Å². The maximum atomic E-state index is 11.8. The number of rotatable bonds is 2. The van der Waals surface area contributed by atoms with E-state index in [-0.39, 0.29) is 5.56 Å². The highest BCUT2D eigenvalue weighted by Gasteiger charge is 2.12. The van der Waals surface area contributed by atoms with Crippen LogP contribution in [-0.4, -0.2) is 15.9 Å². The molecule has 5 nitrogen and oxygen atoms in total. The summed E-state index contributed by atoms with van der Waals surface area (Å²) in [6.45, 7) is 2.98. The molecule has 2 aromatic rings. The number of nitrogens with zero attached hydrogens (tertiary/aromatic N) is 1. The summed E-state index contributed by atoms with van der Waals surface area (Å²) in [4.78, 5) is 29.5. The Hall–Kier alpha value is -2.17. The molecule has 0 aliphatic rings. The lowest BCUT2D eigenvalue weighted by Gasteiger charge is -2.11. The van der Waals surface area contributed by atoms with Gasteiger partial charge in [-0.05, 0) is 19.1 Å². The quantitative estimate of drug-likeness (QED) is 0.797. The number of hydrogen-bond acceptors (Lipinski definition) is 4. The van der Waals surface area contributed by atoms with Crippen molar-refractivity contribution in [2.24, 2.45) is 0 Å². The van der Waals surface area contributed by atoms with E-state index in [1.165, 1.54) is 6.92 Å². The Labute approximate surface area is 97.4 Å². The Bertz CT molecular complexity index is 618. The summed E-state index contributed by atoms with van der Waals surface area (Å²) in [5, 5.41) is 0.520. The van der Waals surface area contributed by atoms with Gasteiger partial charge in [0.15, 0.2) is 11.9 Å². The first-order chi connectivity index (χ1) is 8.08. The highest BCUT2D eigenvalue weighted by Crippen LogP contribution is 2.13. The maximum Gasteiger partial charge on any atom is 0.303 e. The van der Waals surface area contributed by atoms with Crippen molar-refractivity contribution in [2.75, 3.05) is 0 Å². The summed E-state index contributed by atoms with van der Waals surface area (Å²) in [5.41, 5.74) is 0.356. The number of H-pyrrole nitrogens is 1. The zero-order valence-electron chi connectivity index (χ0n) is 9.56. The predicted molar refractivity (Wildman–Crippen MR) is 62.5 cm³/mol. The second kappa shape index (κ2) is 4.37. The number of aromatic nitrogens is 2. The molecule has 0 saturated carbocycles. The molecule has 2 rings (SSSR count). The Kier molecular flexibility index (Phi) is 2.91. The van der Waals surface area contributed by atoms with Crippen molar-refractivity contribution in [3.8, 4) is 0 Å². The number of ether oxygens (including phenoxy) is 1. The van der Waals surface area contributed by atoms with Gasteiger partial charge in [0.05, 0.1) is 10.9 Å². The van der Waals surface area contributed by atoms with Crippen molar-refractivity contribution in [1.82, 2.24) is 9.97 Å². The normalized spacial score (nSPS) is 12.4. The molecule has 0 fully saturated rings. The van der Waals surface area contributed by atoms with E-state index in [9.17, 15) is 9.59 Å². The molecule has 1 heterocycles. The molecular weight excluding hydrogens is 220 g/mol. The molecule has 0 amide bonds. The number of esters is 1. The van der Waals surface area contributed by atoms with Crippen molar-refractivity contribution in [3.63, 3.8) is 0 Å². The largest absolute Gasteiger partial charge is 0.455 e. The summed E-state index contributed by atoms with van der Waals surface area (Å²) in [5.74, 6) is -0.0581. The first kappa shape index (κ1) is 11.3. The molecule has 0 aliphatic carbocycles. The highest BCUT2D eigenvalue weighted by atomic mass is 16.5. The average molecular weight is 232 g/mol. The zero-order valence-corrected chi connectivity index (χ0v) is 9.56. The van der Waals surface area contributed by atoms with Crippen LogP contribution in [-0.2, 0) is 9.53 Å². The number of carbonyl (C=O) groups is 1. The maximum absolute atomic E-state index is 11.8. The van der Waals surface area contributed by atoms with E-state index in [0.29, 0.717) is 16.7 Å². The number of aromatic amines is 1. The number of carbonyl (C=O) groups excluding carboxylic acids is 1. The first-order valence-electron chi connectivity index (χ1n) is 5.24. The highest BCUT2D eigenvalue weighted by molar-refractivity contribution is 5.77. The van der Waals surface area contributed by atoms with Crippen molar-refractivity contribution in [1.29, 1.82) is 0 Å². The third-order valence-electron chi connectivity index (χ3n) is 2.36. The molecule has 0 radical (unpaired) electrons. The van der Waals surface area contributed by atoms with Gasteiger partial charge in [-0.25, -0.2) is 4.98 Å². The summed E-state index contributed by atoms with van der Waals surface area (Å²) in [6, 6.07) is 7.01. The van der Waals surface area contributed by atoms with E-state index in [4.69, 9.17) is 4.74 Å². The minimum atomic E-state index is -0.565. The van der Waals surface area contributed by atoms with E-state index in [2.05, 4.69) is 9.97 Å². The molecule has 0 bridgehead atoms. The van der Waals surface area contributed by atoms with E-state index in [1.807, 2.05) is 0 Å². The summed E-state index contributed by atoms with van der Waals surface area (Å²) >= 11 is 0. The zero-order chi connectivity index (χ0) is 12.4. The van der Waals surface area contributed by atoms with Crippen molar-refractivity contribution < 1.29 is 9.53 Å². The fourth-order valence-electron chi connectivity index (χ4n) is 1.60. The van der Waals surface area contributed by atoms with E-state index < -0.39 is 12.1 Å². The van der Waals surface area contributed by atoms with Crippen LogP contribution in [0.5, 0.6) is 0 Å². The molecular formula is C12H12N2O3. The van der Waals surface area contributed by atoms with Gasteiger partial charge < -0.3 is 9.72 Å². The van der Waals surface area contributed by atoms with Crippen molar-refractivity contribution >= 4 is 16.9 Å². The molecule has 0 spiro atoms. The smallest absolute Gasteiger partial charge is 0.303 e. The molecule has 88 valence electrons. The summed E-state index contributed by atoms with van der Waals surface area (Å²) in [7, 11) is 0. The SMILES string of the molecule is CC(=O)O[C@H](C)c1nc2ccccc2c(=O)[nH]1. The van der Waals surface area contributed by atoms with E-state index in [1.54, 1.807) is 31.2 Å². The van der Waals surface area contributed by atoms with Gasteiger partial charge in [0.25, 0.3) is 5.56 Å². The number of para-hydroxylation sites is 1.